The van der Waals surface area contributed by atoms with Gasteiger partial charge in [-0.2, -0.15) is 0 Å². The lowest BCUT2D eigenvalue weighted by Crippen LogP contribution is -2.19. The standard InChI is InChI=1S/C14H20ClN3/c1-10-6-5-7-12-13(10)18(9-8-17(3)4)14(16-12)11(2)15/h5-7,11H,8-9H2,1-4H3. The summed E-state index contributed by atoms with van der Waals surface area (Å²) in [5.74, 6) is 0.961. The highest BCUT2D eigenvalue weighted by Crippen LogP contribution is 2.26. The van der Waals surface area contributed by atoms with E-state index in [0.29, 0.717) is 0 Å². The van der Waals surface area contributed by atoms with Crippen LogP contribution in [0.2, 0.25) is 0 Å². The van der Waals surface area contributed by atoms with Crippen molar-refractivity contribution < 1.29 is 0 Å². The monoisotopic (exact) mass is 265 g/mol. The van der Waals surface area contributed by atoms with Crippen LogP contribution in [-0.4, -0.2) is 35.1 Å². The number of halogens is 1. The average Bonchev–Trinajstić information content (AvgIpc) is 2.66. The first-order valence-electron chi connectivity index (χ1n) is 6.25. The molecular formula is C14H20ClN3. The number of benzene rings is 1. The maximum atomic E-state index is 6.25. The van der Waals surface area contributed by atoms with Crippen molar-refractivity contribution in [1.29, 1.82) is 0 Å². The molecule has 2 aromatic rings. The molecule has 0 saturated carbocycles. The molecule has 3 nitrogen and oxygen atoms in total. The summed E-state index contributed by atoms with van der Waals surface area (Å²) in [6.45, 7) is 6.00. The van der Waals surface area contributed by atoms with Crippen LogP contribution in [0, 0.1) is 6.92 Å². The Morgan fingerprint density at radius 2 is 2.11 bits per heavy atom. The van der Waals surface area contributed by atoms with Gasteiger partial charge in [-0.3, -0.25) is 0 Å². The summed E-state index contributed by atoms with van der Waals surface area (Å²) in [6, 6.07) is 6.22. The highest BCUT2D eigenvalue weighted by Gasteiger charge is 2.15. The van der Waals surface area contributed by atoms with Crippen molar-refractivity contribution in [3.8, 4) is 0 Å². The summed E-state index contributed by atoms with van der Waals surface area (Å²) in [5.41, 5.74) is 3.50. The Labute approximate surface area is 113 Å². The number of fused-ring (bicyclic) bond motifs is 1. The predicted molar refractivity (Wildman–Crippen MR) is 77.3 cm³/mol. The fourth-order valence-electron chi connectivity index (χ4n) is 2.21. The number of para-hydroxylation sites is 1. The number of hydrogen-bond donors (Lipinski definition) is 0. The first kappa shape index (κ1) is 13.4. The molecule has 0 bridgehead atoms. The predicted octanol–water partition coefficient (Wildman–Crippen LogP) is 3.21. The molecule has 0 aliphatic rings. The maximum absolute atomic E-state index is 6.25. The van der Waals surface area contributed by atoms with Gasteiger partial charge in [-0.15, -0.1) is 11.6 Å². The van der Waals surface area contributed by atoms with E-state index in [1.165, 1.54) is 11.1 Å². The Morgan fingerprint density at radius 1 is 1.39 bits per heavy atom. The second kappa shape index (κ2) is 5.29. The number of likely N-dealkylation sites (N-methyl/N-ethyl adjacent to an activating group) is 1. The Morgan fingerprint density at radius 3 is 2.72 bits per heavy atom. The van der Waals surface area contributed by atoms with Crippen LogP contribution >= 0.6 is 11.6 Å². The molecule has 0 saturated heterocycles. The van der Waals surface area contributed by atoms with Crippen LogP contribution in [0.25, 0.3) is 11.0 Å². The van der Waals surface area contributed by atoms with Crippen molar-refractivity contribution in [2.75, 3.05) is 20.6 Å². The largest absolute Gasteiger partial charge is 0.325 e. The Hall–Kier alpha value is -1.06. The molecule has 98 valence electrons. The number of hydrogen-bond acceptors (Lipinski definition) is 2. The zero-order valence-electron chi connectivity index (χ0n) is 11.4. The molecule has 0 fully saturated rings. The molecule has 0 aliphatic carbocycles. The minimum Gasteiger partial charge on any atom is -0.325 e. The van der Waals surface area contributed by atoms with Crippen molar-refractivity contribution in [2.45, 2.75) is 25.8 Å². The van der Waals surface area contributed by atoms with Crippen LogP contribution in [0.5, 0.6) is 0 Å². The molecule has 0 spiro atoms. The van der Waals surface area contributed by atoms with Crippen molar-refractivity contribution in [3.05, 3.63) is 29.6 Å². The number of imidazole rings is 1. The summed E-state index contributed by atoms with van der Waals surface area (Å²) >= 11 is 6.25. The Balaban J connectivity index is 2.54. The van der Waals surface area contributed by atoms with Crippen LogP contribution in [-0.2, 0) is 6.54 Å². The molecular weight excluding hydrogens is 246 g/mol. The quantitative estimate of drug-likeness (QED) is 0.792. The molecule has 0 N–H and O–H groups in total. The van der Waals surface area contributed by atoms with Gasteiger partial charge in [0, 0.05) is 13.1 Å². The summed E-state index contributed by atoms with van der Waals surface area (Å²) < 4.78 is 2.25. The van der Waals surface area contributed by atoms with E-state index < -0.39 is 0 Å². The fourth-order valence-corrected chi connectivity index (χ4v) is 2.38. The van der Waals surface area contributed by atoms with Crippen LogP contribution in [0.1, 0.15) is 23.7 Å². The molecule has 18 heavy (non-hydrogen) atoms. The van der Waals surface area contributed by atoms with Gasteiger partial charge in [0.2, 0.25) is 0 Å². The third-order valence-corrected chi connectivity index (χ3v) is 3.32. The van der Waals surface area contributed by atoms with Gasteiger partial charge < -0.3 is 9.47 Å². The van der Waals surface area contributed by atoms with Crippen molar-refractivity contribution >= 4 is 22.6 Å². The lowest BCUT2D eigenvalue weighted by atomic mass is 10.2. The van der Waals surface area contributed by atoms with Gasteiger partial charge >= 0.3 is 0 Å². The number of aromatic nitrogens is 2. The van der Waals surface area contributed by atoms with E-state index in [1.54, 1.807) is 0 Å². The normalized spacial score (nSPS) is 13.4. The van der Waals surface area contributed by atoms with Crippen LogP contribution < -0.4 is 0 Å². The van der Waals surface area contributed by atoms with Crippen molar-refractivity contribution in [2.24, 2.45) is 0 Å². The van der Waals surface area contributed by atoms with Gasteiger partial charge in [0.25, 0.3) is 0 Å². The number of rotatable bonds is 4. The summed E-state index contributed by atoms with van der Waals surface area (Å²) in [5, 5.41) is -0.0704. The first-order chi connectivity index (χ1) is 8.50. The van der Waals surface area contributed by atoms with E-state index in [0.717, 1.165) is 24.4 Å². The van der Waals surface area contributed by atoms with Gasteiger partial charge in [-0.05, 0) is 39.6 Å². The van der Waals surface area contributed by atoms with E-state index in [4.69, 9.17) is 11.6 Å². The van der Waals surface area contributed by atoms with Crippen LogP contribution in [0.15, 0.2) is 18.2 Å². The molecule has 4 heteroatoms. The van der Waals surface area contributed by atoms with E-state index in [-0.39, 0.29) is 5.38 Å². The summed E-state index contributed by atoms with van der Waals surface area (Å²) in [4.78, 5) is 6.84. The Kier molecular flexibility index (Phi) is 3.93. The minimum atomic E-state index is -0.0704. The molecule has 1 unspecified atom stereocenters. The molecule has 1 aromatic carbocycles. The van der Waals surface area contributed by atoms with E-state index in [2.05, 4.69) is 47.6 Å². The van der Waals surface area contributed by atoms with Gasteiger partial charge in [0.05, 0.1) is 16.4 Å². The first-order valence-corrected chi connectivity index (χ1v) is 6.69. The average molecular weight is 266 g/mol. The van der Waals surface area contributed by atoms with E-state index >= 15 is 0 Å². The van der Waals surface area contributed by atoms with Gasteiger partial charge in [0.1, 0.15) is 5.82 Å². The third kappa shape index (κ3) is 2.52. The van der Waals surface area contributed by atoms with Gasteiger partial charge in [-0.1, -0.05) is 12.1 Å². The maximum Gasteiger partial charge on any atom is 0.127 e. The van der Waals surface area contributed by atoms with Crippen LogP contribution in [0.3, 0.4) is 0 Å². The van der Waals surface area contributed by atoms with Gasteiger partial charge in [-0.25, -0.2) is 4.98 Å². The van der Waals surface area contributed by atoms with E-state index in [1.807, 2.05) is 13.0 Å². The lowest BCUT2D eigenvalue weighted by Gasteiger charge is -2.15. The lowest BCUT2D eigenvalue weighted by molar-refractivity contribution is 0.383. The smallest absolute Gasteiger partial charge is 0.127 e. The highest BCUT2D eigenvalue weighted by molar-refractivity contribution is 6.20. The summed E-state index contributed by atoms with van der Waals surface area (Å²) in [7, 11) is 4.16. The second-order valence-corrected chi connectivity index (χ2v) is 5.64. The Bertz CT molecular complexity index is 543. The zero-order chi connectivity index (χ0) is 13.3. The zero-order valence-corrected chi connectivity index (χ0v) is 12.2. The molecule has 2 rings (SSSR count). The minimum absolute atomic E-state index is 0.0704. The molecule has 0 aliphatic heterocycles. The van der Waals surface area contributed by atoms with Crippen molar-refractivity contribution in [3.63, 3.8) is 0 Å². The molecule has 0 radical (unpaired) electrons. The highest BCUT2D eigenvalue weighted by atomic mass is 35.5. The number of nitrogens with zero attached hydrogens (tertiary/aromatic N) is 3. The van der Waals surface area contributed by atoms with Crippen molar-refractivity contribution in [1.82, 2.24) is 14.5 Å². The molecule has 1 aromatic heterocycles. The summed E-state index contributed by atoms with van der Waals surface area (Å²) in [6.07, 6.45) is 0. The SMILES string of the molecule is Cc1cccc2nc(C(C)Cl)n(CCN(C)C)c12. The van der Waals surface area contributed by atoms with Crippen LogP contribution in [0.4, 0.5) is 0 Å². The second-order valence-electron chi connectivity index (χ2n) is 4.98. The molecule has 0 amide bonds. The topological polar surface area (TPSA) is 21.1 Å². The number of aryl methyl sites for hydroxylation is 1. The molecule has 1 atom stereocenters. The number of alkyl halides is 1. The van der Waals surface area contributed by atoms with Gasteiger partial charge in [0.15, 0.2) is 0 Å². The third-order valence-electron chi connectivity index (χ3n) is 3.12. The fraction of sp³-hybridized carbons (Fsp3) is 0.500. The molecule has 1 heterocycles. The van der Waals surface area contributed by atoms with E-state index in [9.17, 15) is 0 Å².